The number of nitrogens with zero attached hydrogens (tertiary/aromatic N) is 3. The number of amides is 2. The van der Waals surface area contributed by atoms with Crippen LogP contribution >= 0.6 is 0 Å². The summed E-state index contributed by atoms with van der Waals surface area (Å²) in [6, 6.07) is 9.53. The molecule has 0 saturated carbocycles. The van der Waals surface area contributed by atoms with E-state index in [2.05, 4.69) is 10.3 Å². The van der Waals surface area contributed by atoms with Crippen LogP contribution in [-0.4, -0.2) is 39.4 Å². The molecule has 3 heterocycles. The van der Waals surface area contributed by atoms with E-state index in [9.17, 15) is 9.59 Å². The van der Waals surface area contributed by atoms with Crippen LogP contribution in [0.1, 0.15) is 12.1 Å². The summed E-state index contributed by atoms with van der Waals surface area (Å²) < 4.78 is 2.01. The summed E-state index contributed by atoms with van der Waals surface area (Å²) in [5, 5.41) is 2.91. The third kappa shape index (κ3) is 3.97. The number of aromatic nitrogens is 2. The van der Waals surface area contributed by atoms with Crippen LogP contribution < -0.4 is 5.32 Å². The number of nitrogens with one attached hydrogen (secondary N) is 1. The minimum absolute atomic E-state index is 0.0150. The fourth-order valence-corrected chi connectivity index (χ4v) is 2.76. The third-order valence-corrected chi connectivity index (χ3v) is 4.00. The van der Waals surface area contributed by atoms with E-state index in [-0.39, 0.29) is 24.2 Å². The second-order valence-electron chi connectivity index (χ2n) is 5.71. The molecular formula is C17H20N4O2. The SMILES string of the molecule is O=C(NCCn1cccc1)C1CC(=O)N(Cc2ccccn2)C1. The van der Waals surface area contributed by atoms with Gasteiger partial charge in [-0.2, -0.15) is 0 Å². The van der Waals surface area contributed by atoms with Crippen molar-refractivity contribution in [1.29, 1.82) is 0 Å². The fourth-order valence-electron chi connectivity index (χ4n) is 2.76. The van der Waals surface area contributed by atoms with E-state index in [4.69, 9.17) is 0 Å². The van der Waals surface area contributed by atoms with Crippen molar-refractivity contribution in [1.82, 2.24) is 19.8 Å². The molecule has 1 aliphatic heterocycles. The number of carbonyl (C=O) groups is 2. The topological polar surface area (TPSA) is 67.2 Å². The summed E-state index contributed by atoms with van der Waals surface area (Å²) in [6.07, 6.45) is 5.91. The van der Waals surface area contributed by atoms with Crippen LogP contribution in [0, 0.1) is 5.92 Å². The molecule has 6 heteroatoms. The molecule has 1 aliphatic rings. The maximum Gasteiger partial charge on any atom is 0.225 e. The second-order valence-corrected chi connectivity index (χ2v) is 5.71. The second kappa shape index (κ2) is 7.09. The molecule has 0 bridgehead atoms. The fraction of sp³-hybridized carbons (Fsp3) is 0.353. The number of likely N-dealkylation sites (tertiary alicyclic amines) is 1. The first-order chi connectivity index (χ1) is 11.2. The Kier molecular flexibility index (Phi) is 4.71. The summed E-state index contributed by atoms with van der Waals surface area (Å²) in [7, 11) is 0. The molecule has 3 rings (SSSR count). The number of carbonyl (C=O) groups excluding carboxylic acids is 2. The Labute approximate surface area is 135 Å². The Bertz CT molecular complexity index is 654. The Morgan fingerprint density at radius 2 is 2.09 bits per heavy atom. The summed E-state index contributed by atoms with van der Waals surface area (Å²) >= 11 is 0. The lowest BCUT2D eigenvalue weighted by molar-refractivity contribution is -0.129. The molecule has 23 heavy (non-hydrogen) atoms. The quantitative estimate of drug-likeness (QED) is 0.867. The lowest BCUT2D eigenvalue weighted by atomic mass is 10.1. The molecule has 6 nitrogen and oxygen atoms in total. The van der Waals surface area contributed by atoms with Crippen LogP contribution in [0.5, 0.6) is 0 Å². The highest BCUT2D eigenvalue weighted by atomic mass is 16.2. The zero-order valence-electron chi connectivity index (χ0n) is 12.9. The van der Waals surface area contributed by atoms with Crippen LogP contribution in [0.4, 0.5) is 0 Å². The highest BCUT2D eigenvalue weighted by Crippen LogP contribution is 2.19. The van der Waals surface area contributed by atoms with Crippen molar-refractivity contribution in [3.63, 3.8) is 0 Å². The maximum atomic E-state index is 12.2. The molecule has 2 amide bonds. The van der Waals surface area contributed by atoms with Gasteiger partial charge in [0.2, 0.25) is 11.8 Å². The van der Waals surface area contributed by atoms with Gasteiger partial charge in [0.05, 0.1) is 18.2 Å². The molecule has 0 aliphatic carbocycles. The van der Waals surface area contributed by atoms with E-state index in [1.165, 1.54) is 0 Å². The molecule has 0 aromatic carbocycles. The van der Waals surface area contributed by atoms with E-state index >= 15 is 0 Å². The lowest BCUT2D eigenvalue weighted by Crippen LogP contribution is -2.34. The Hall–Kier alpha value is -2.63. The standard InChI is InChI=1S/C17H20N4O2/c22-16-11-14(12-21(16)13-15-5-1-2-6-18-15)17(23)19-7-10-20-8-3-4-9-20/h1-6,8-9,14H,7,10-13H2,(H,19,23). The number of pyridine rings is 1. The molecule has 0 radical (unpaired) electrons. The molecule has 1 fully saturated rings. The van der Waals surface area contributed by atoms with Crippen molar-refractivity contribution < 1.29 is 9.59 Å². The van der Waals surface area contributed by atoms with E-state index < -0.39 is 0 Å². The molecule has 1 unspecified atom stereocenters. The normalized spacial score (nSPS) is 17.5. The third-order valence-electron chi connectivity index (χ3n) is 4.00. The van der Waals surface area contributed by atoms with Crippen LogP contribution in [0.15, 0.2) is 48.9 Å². The average molecular weight is 312 g/mol. The van der Waals surface area contributed by atoms with Crippen molar-refractivity contribution in [2.24, 2.45) is 5.92 Å². The van der Waals surface area contributed by atoms with Gasteiger partial charge in [-0.15, -0.1) is 0 Å². The predicted octanol–water partition coefficient (Wildman–Crippen LogP) is 1.05. The Morgan fingerprint density at radius 3 is 2.83 bits per heavy atom. The van der Waals surface area contributed by atoms with Gasteiger partial charge in [-0.05, 0) is 24.3 Å². The van der Waals surface area contributed by atoms with Crippen molar-refractivity contribution in [2.45, 2.75) is 19.5 Å². The monoisotopic (exact) mass is 312 g/mol. The largest absolute Gasteiger partial charge is 0.354 e. The molecule has 2 aromatic heterocycles. The first-order valence-corrected chi connectivity index (χ1v) is 7.78. The average Bonchev–Trinajstić information content (AvgIpc) is 3.19. The number of hydrogen-bond donors (Lipinski definition) is 1. The zero-order chi connectivity index (χ0) is 16.1. The minimum atomic E-state index is -0.268. The smallest absolute Gasteiger partial charge is 0.225 e. The van der Waals surface area contributed by atoms with E-state index in [1.54, 1.807) is 11.1 Å². The molecule has 2 aromatic rings. The first kappa shape index (κ1) is 15.3. The summed E-state index contributed by atoms with van der Waals surface area (Å²) in [4.78, 5) is 30.2. The number of hydrogen-bond acceptors (Lipinski definition) is 3. The minimum Gasteiger partial charge on any atom is -0.354 e. The van der Waals surface area contributed by atoms with E-state index in [1.807, 2.05) is 47.3 Å². The van der Waals surface area contributed by atoms with Gasteiger partial charge in [-0.25, -0.2) is 0 Å². The van der Waals surface area contributed by atoms with Crippen LogP contribution in [-0.2, 0) is 22.7 Å². The van der Waals surface area contributed by atoms with Gasteiger partial charge in [0, 0.05) is 44.6 Å². The molecule has 1 atom stereocenters. The van der Waals surface area contributed by atoms with Gasteiger partial charge in [0.15, 0.2) is 0 Å². The zero-order valence-corrected chi connectivity index (χ0v) is 12.9. The van der Waals surface area contributed by atoms with E-state index in [0.717, 1.165) is 12.2 Å². The number of rotatable bonds is 6. The van der Waals surface area contributed by atoms with Crippen molar-refractivity contribution >= 4 is 11.8 Å². The molecule has 120 valence electrons. The summed E-state index contributed by atoms with van der Waals surface area (Å²) in [5.41, 5.74) is 0.842. The molecular weight excluding hydrogens is 292 g/mol. The predicted molar refractivity (Wildman–Crippen MR) is 85.2 cm³/mol. The van der Waals surface area contributed by atoms with Gasteiger partial charge in [-0.1, -0.05) is 6.07 Å². The molecule has 1 N–H and O–H groups in total. The van der Waals surface area contributed by atoms with Gasteiger partial charge >= 0.3 is 0 Å². The van der Waals surface area contributed by atoms with Crippen molar-refractivity contribution in [2.75, 3.05) is 13.1 Å². The molecule has 1 saturated heterocycles. The van der Waals surface area contributed by atoms with Crippen LogP contribution in [0.25, 0.3) is 0 Å². The summed E-state index contributed by atoms with van der Waals surface area (Å²) in [6.45, 7) is 2.23. The maximum absolute atomic E-state index is 12.2. The van der Waals surface area contributed by atoms with Crippen molar-refractivity contribution in [3.05, 3.63) is 54.6 Å². The van der Waals surface area contributed by atoms with Crippen LogP contribution in [0.3, 0.4) is 0 Å². The lowest BCUT2D eigenvalue weighted by Gasteiger charge is -2.16. The highest BCUT2D eigenvalue weighted by Gasteiger charge is 2.34. The molecule has 0 spiro atoms. The van der Waals surface area contributed by atoms with E-state index in [0.29, 0.717) is 19.6 Å². The highest BCUT2D eigenvalue weighted by molar-refractivity contribution is 5.89. The summed E-state index contributed by atoms with van der Waals surface area (Å²) in [5.74, 6) is -0.300. The van der Waals surface area contributed by atoms with Crippen LogP contribution in [0.2, 0.25) is 0 Å². The van der Waals surface area contributed by atoms with Gasteiger partial charge in [0.25, 0.3) is 0 Å². The van der Waals surface area contributed by atoms with Gasteiger partial charge in [-0.3, -0.25) is 14.6 Å². The Balaban J connectivity index is 1.47. The van der Waals surface area contributed by atoms with Gasteiger partial charge in [0.1, 0.15) is 0 Å². The Morgan fingerprint density at radius 1 is 1.26 bits per heavy atom. The van der Waals surface area contributed by atoms with Crippen molar-refractivity contribution in [3.8, 4) is 0 Å². The van der Waals surface area contributed by atoms with Gasteiger partial charge < -0.3 is 14.8 Å². The first-order valence-electron chi connectivity index (χ1n) is 7.78.